The highest BCUT2D eigenvalue weighted by molar-refractivity contribution is 9.10. The van der Waals surface area contributed by atoms with Gasteiger partial charge in [-0.15, -0.1) is 0 Å². The Bertz CT molecular complexity index is 338. The van der Waals surface area contributed by atoms with Gasteiger partial charge in [0.25, 0.3) is 0 Å². The fourth-order valence-corrected chi connectivity index (χ4v) is 1.17. The first-order chi connectivity index (χ1) is 6.18. The van der Waals surface area contributed by atoms with Gasteiger partial charge in [-0.3, -0.25) is 0 Å². The first-order valence-electron chi connectivity index (χ1n) is 3.52. The van der Waals surface area contributed by atoms with E-state index >= 15 is 0 Å². The predicted molar refractivity (Wildman–Crippen MR) is 54.5 cm³/mol. The number of nitrogens with two attached hydrogens (primary N) is 1. The zero-order valence-corrected chi connectivity index (χ0v) is 8.28. The van der Waals surface area contributed by atoms with E-state index in [4.69, 9.17) is 5.73 Å². The summed E-state index contributed by atoms with van der Waals surface area (Å²) in [4.78, 5) is 10.2. The molecule has 5 heteroatoms. The molecule has 0 bridgehead atoms. The Labute approximate surface area is 83.9 Å². The fourth-order valence-electron chi connectivity index (χ4n) is 0.757. The molecule has 0 aliphatic heterocycles. The van der Waals surface area contributed by atoms with Crippen LogP contribution in [0, 0.1) is 0 Å². The number of hydrogen-bond donors (Lipinski definition) is 2. The van der Waals surface area contributed by atoms with Crippen LogP contribution in [0.1, 0.15) is 5.56 Å². The zero-order valence-electron chi connectivity index (χ0n) is 6.70. The number of nitrogens with one attached hydrogen (secondary N) is 1. The van der Waals surface area contributed by atoms with Gasteiger partial charge in [-0.05, 0) is 17.7 Å². The first kappa shape index (κ1) is 9.73. The summed E-state index contributed by atoms with van der Waals surface area (Å²) < 4.78 is 0.954. The van der Waals surface area contributed by atoms with Crippen LogP contribution in [0.2, 0.25) is 0 Å². The largest absolute Gasteiger partial charge is 0.350 e. The number of hydrogen-bond acceptors (Lipinski definition) is 2. The van der Waals surface area contributed by atoms with Crippen molar-refractivity contribution < 1.29 is 4.79 Å². The van der Waals surface area contributed by atoms with Crippen LogP contribution in [0.15, 0.2) is 33.8 Å². The van der Waals surface area contributed by atoms with Crippen LogP contribution >= 0.6 is 15.9 Å². The Balaban J connectivity index is 2.63. The SMILES string of the molecule is NC(=O)N/N=C\c1cccc(Br)c1. The lowest BCUT2D eigenvalue weighted by atomic mass is 10.2. The summed E-state index contributed by atoms with van der Waals surface area (Å²) in [7, 11) is 0. The number of halogens is 1. The highest BCUT2D eigenvalue weighted by atomic mass is 79.9. The number of carbonyl (C=O) groups excluding carboxylic acids is 1. The summed E-state index contributed by atoms with van der Waals surface area (Å²) in [5, 5.41) is 3.61. The third kappa shape index (κ3) is 3.71. The molecule has 0 heterocycles. The number of carbonyl (C=O) groups is 1. The Morgan fingerprint density at radius 1 is 1.62 bits per heavy atom. The molecule has 68 valence electrons. The van der Waals surface area contributed by atoms with Crippen molar-refractivity contribution >= 4 is 28.2 Å². The van der Waals surface area contributed by atoms with Crippen LogP contribution < -0.4 is 11.2 Å². The van der Waals surface area contributed by atoms with Crippen molar-refractivity contribution in [2.45, 2.75) is 0 Å². The predicted octanol–water partition coefficient (Wildman–Crippen LogP) is 1.45. The smallest absolute Gasteiger partial charge is 0.332 e. The maximum Gasteiger partial charge on any atom is 0.332 e. The number of rotatable bonds is 2. The van der Waals surface area contributed by atoms with Crippen LogP contribution in [0.5, 0.6) is 0 Å². The summed E-state index contributed by atoms with van der Waals surface area (Å²) in [6.07, 6.45) is 1.51. The monoisotopic (exact) mass is 241 g/mol. The molecule has 0 aliphatic carbocycles. The average Bonchev–Trinajstić information content (AvgIpc) is 2.03. The van der Waals surface area contributed by atoms with Gasteiger partial charge < -0.3 is 5.73 Å². The lowest BCUT2D eigenvalue weighted by molar-refractivity contribution is 0.249. The molecule has 0 unspecified atom stereocenters. The average molecular weight is 242 g/mol. The van der Waals surface area contributed by atoms with Crippen molar-refractivity contribution in [3.8, 4) is 0 Å². The molecular formula is C8H8BrN3O. The van der Waals surface area contributed by atoms with Crippen molar-refractivity contribution in [2.24, 2.45) is 10.8 Å². The Hall–Kier alpha value is -1.36. The molecule has 1 aromatic carbocycles. The van der Waals surface area contributed by atoms with Gasteiger partial charge in [0.2, 0.25) is 0 Å². The van der Waals surface area contributed by atoms with Gasteiger partial charge in [0.05, 0.1) is 6.21 Å². The molecule has 4 nitrogen and oxygen atoms in total. The van der Waals surface area contributed by atoms with E-state index in [9.17, 15) is 4.79 Å². The van der Waals surface area contributed by atoms with Crippen LogP contribution in [-0.4, -0.2) is 12.2 Å². The van der Waals surface area contributed by atoms with Gasteiger partial charge in [0.15, 0.2) is 0 Å². The van der Waals surface area contributed by atoms with Crippen LogP contribution in [0.4, 0.5) is 4.79 Å². The minimum Gasteiger partial charge on any atom is -0.350 e. The Morgan fingerprint density at radius 2 is 2.38 bits per heavy atom. The molecule has 0 saturated heterocycles. The maximum atomic E-state index is 10.2. The second-order valence-electron chi connectivity index (χ2n) is 2.29. The third-order valence-electron chi connectivity index (χ3n) is 1.24. The summed E-state index contributed by atoms with van der Waals surface area (Å²) in [5.41, 5.74) is 7.80. The van der Waals surface area contributed by atoms with Crippen molar-refractivity contribution in [2.75, 3.05) is 0 Å². The molecule has 0 aromatic heterocycles. The van der Waals surface area contributed by atoms with E-state index in [0.29, 0.717) is 0 Å². The molecule has 0 atom stereocenters. The van der Waals surface area contributed by atoms with Gasteiger partial charge in [-0.25, -0.2) is 10.2 Å². The number of amides is 2. The second kappa shape index (κ2) is 4.61. The molecule has 13 heavy (non-hydrogen) atoms. The topological polar surface area (TPSA) is 67.5 Å². The van der Waals surface area contributed by atoms with Gasteiger partial charge in [-0.2, -0.15) is 5.10 Å². The summed E-state index contributed by atoms with van der Waals surface area (Å²) in [6, 6.07) is 6.82. The summed E-state index contributed by atoms with van der Waals surface area (Å²) >= 11 is 3.31. The fraction of sp³-hybridized carbons (Fsp3) is 0. The van der Waals surface area contributed by atoms with Gasteiger partial charge >= 0.3 is 6.03 Å². The normalized spacial score (nSPS) is 10.2. The molecule has 1 aromatic rings. The molecule has 0 spiro atoms. The van der Waals surface area contributed by atoms with Crippen LogP contribution in [-0.2, 0) is 0 Å². The molecule has 0 aliphatic rings. The molecule has 0 radical (unpaired) electrons. The molecule has 1 rings (SSSR count). The lowest BCUT2D eigenvalue weighted by Crippen LogP contribution is -2.24. The highest BCUT2D eigenvalue weighted by Crippen LogP contribution is 2.09. The Morgan fingerprint density at radius 3 is 3.00 bits per heavy atom. The van der Waals surface area contributed by atoms with E-state index in [2.05, 4.69) is 26.5 Å². The first-order valence-corrected chi connectivity index (χ1v) is 4.32. The zero-order chi connectivity index (χ0) is 9.68. The molecule has 3 N–H and O–H groups in total. The maximum absolute atomic E-state index is 10.2. The van der Waals surface area contributed by atoms with Crippen LogP contribution in [0.3, 0.4) is 0 Å². The van der Waals surface area contributed by atoms with Gasteiger partial charge in [-0.1, -0.05) is 28.1 Å². The van der Waals surface area contributed by atoms with E-state index in [1.54, 1.807) is 0 Å². The van der Waals surface area contributed by atoms with Crippen molar-refractivity contribution in [1.82, 2.24) is 5.43 Å². The highest BCUT2D eigenvalue weighted by Gasteiger charge is 1.89. The number of primary amides is 1. The quantitative estimate of drug-likeness (QED) is 0.598. The number of hydrazone groups is 1. The van der Waals surface area contributed by atoms with Crippen molar-refractivity contribution in [3.05, 3.63) is 34.3 Å². The lowest BCUT2D eigenvalue weighted by Gasteiger charge is -1.93. The van der Waals surface area contributed by atoms with Crippen molar-refractivity contribution in [3.63, 3.8) is 0 Å². The van der Waals surface area contributed by atoms with E-state index in [-0.39, 0.29) is 0 Å². The number of nitrogens with zero attached hydrogens (tertiary/aromatic N) is 1. The molecular weight excluding hydrogens is 234 g/mol. The summed E-state index contributed by atoms with van der Waals surface area (Å²) in [5.74, 6) is 0. The summed E-state index contributed by atoms with van der Waals surface area (Å²) in [6.45, 7) is 0. The minimum atomic E-state index is -0.675. The standard InChI is InChI=1S/C8H8BrN3O/c9-7-3-1-2-6(4-7)5-11-12-8(10)13/h1-5H,(H3,10,12,13)/b11-5-. The van der Waals surface area contributed by atoms with Crippen molar-refractivity contribution in [1.29, 1.82) is 0 Å². The van der Waals surface area contributed by atoms with E-state index in [0.717, 1.165) is 10.0 Å². The van der Waals surface area contributed by atoms with E-state index in [1.807, 2.05) is 24.3 Å². The molecule has 0 saturated carbocycles. The number of benzene rings is 1. The van der Waals surface area contributed by atoms with E-state index in [1.165, 1.54) is 6.21 Å². The number of urea groups is 1. The van der Waals surface area contributed by atoms with Gasteiger partial charge in [0, 0.05) is 4.47 Å². The molecule has 2 amide bonds. The van der Waals surface area contributed by atoms with Gasteiger partial charge in [0.1, 0.15) is 0 Å². The van der Waals surface area contributed by atoms with Crippen LogP contribution in [0.25, 0.3) is 0 Å². The molecule has 0 fully saturated rings. The minimum absolute atomic E-state index is 0.675. The Kier molecular flexibility index (Phi) is 3.45. The second-order valence-corrected chi connectivity index (χ2v) is 3.20. The third-order valence-corrected chi connectivity index (χ3v) is 1.73. The van der Waals surface area contributed by atoms with E-state index < -0.39 is 6.03 Å².